The Balaban J connectivity index is 2.27. The average molecular weight is 358 g/mol. The van der Waals surface area contributed by atoms with Crippen LogP contribution >= 0.6 is 0 Å². The largest absolute Gasteiger partial charge is 0.493 e. The molecule has 0 aliphatic carbocycles. The zero-order chi connectivity index (χ0) is 19.3. The molecule has 0 atom stereocenters. The molecule has 2 rings (SSSR count). The summed E-state index contributed by atoms with van der Waals surface area (Å²) in [5, 5.41) is 5.55. The number of hydrogen-bond donors (Lipinski definition) is 2. The van der Waals surface area contributed by atoms with E-state index in [4.69, 9.17) is 14.2 Å². The quantitative estimate of drug-likeness (QED) is 0.828. The van der Waals surface area contributed by atoms with Crippen LogP contribution in [-0.2, 0) is 4.79 Å². The number of anilines is 2. The third kappa shape index (κ3) is 4.24. The van der Waals surface area contributed by atoms with Gasteiger partial charge >= 0.3 is 0 Å². The maximum absolute atomic E-state index is 12.6. The molecule has 0 aliphatic rings. The predicted molar refractivity (Wildman–Crippen MR) is 99.5 cm³/mol. The first-order valence-electron chi connectivity index (χ1n) is 7.89. The monoisotopic (exact) mass is 358 g/mol. The molecule has 0 saturated heterocycles. The van der Waals surface area contributed by atoms with Crippen LogP contribution in [0.3, 0.4) is 0 Å². The van der Waals surface area contributed by atoms with Crippen LogP contribution in [0.25, 0.3) is 0 Å². The molecule has 0 radical (unpaired) electrons. The lowest BCUT2D eigenvalue weighted by molar-refractivity contribution is -0.114. The lowest BCUT2D eigenvalue weighted by Crippen LogP contribution is -2.13. The molecule has 0 bridgehead atoms. The Bertz CT molecular complexity index is 808. The number of benzene rings is 2. The van der Waals surface area contributed by atoms with Crippen molar-refractivity contribution in [1.82, 2.24) is 0 Å². The molecule has 0 spiro atoms. The van der Waals surface area contributed by atoms with E-state index < -0.39 is 0 Å². The molecular formula is C19H22N2O5. The fourth-order valence-electron chi connectivity index (χ4n) is 2.49. The highest BCUT2D eigenvalue weighted by Gasteiger charge is 2.17. The standard InChI is InChI=1S/C19H22N2O5/c1-11-8-14(6-7-15(11)20-12(2)22)21-19(23)13-9-16(24-3)18(26-5)17(10-13)25-4/h6-10H,1-5H3,(H,20,22)(H,21,23). The number of amides is 2. The summed E-state index contributed by atoms with van der Waals surface area (Å²) in [6, 6.07) is 8.39. The lowest BCUT2D eigenvalue weighted by atomic mass is 10.1. The van der Waals surface area contributed by atoms with E-state index in [0.29, 0.717) is 34.2 Å². The van der Waals surface area contributed by atoms with Crippen LogP contribution in [0, 0.1) is 6.92 Å². The van der Waals surface area contributed by atoms with Gasteiger partial charge in [0, 0.05) is 23.9 Å². The second-order valence-corrected chi connectivity index (χ2v) is 5.58. The number of aryl methyl sites for hydroxylation is 1. The molecule has 0 aliphatic heterocycles. The number of carbonyl (C=O) groups is 2. The third-order valence-corrected chi connectivity index (χ3v) is 3.72. The number of carbonyl (C=O) groups excluding carboxylic acids is 2. The highest BCUT2D eigenvalue weighted by molar-refractivity contribution is 6.05. The zero-order valence-corrected chi connectivity index (χ0v) is 15.4. The smallest absolute Gasteiger partial charge is 0.255 e. The Morgan fingerprint density at radius 1 is 0.885 bits per heavy atom. The average Bonchev–Trinajstić information content (AvgIpc) is 2.62. The van der Waals surface area contributed by atoms with Crippen molar-refractivity contribution >= 4 is 23.2 Å². The molecule has 7 nitrogen and oxygen atoms in total. The minimum absolute atomic E-state index is 0.151. The fraction of sp³-hybridized carbons (Fsp3) is 0.263. The Labute approximate surface area is 152 Å². The Hall–Kier alpha value is -3.22. The van der Waals surface area contributed by atoms with E-state index in [0.717, 1.165) is 5.56 Å². The second-order valence-electron chi connectivity index (χ2n) is 5.58. The van der Waals surface area contributed by atoms with Gasteiger partial charge in [0.1, 0.15) is 0 Å². The van der Waals surface area contributed by atoms with Gasteiger partial charge in [-0.1, -0.05) is 0 Å². The van der Waals surface area contributed by atoms with Gasteiger partial charge in [0.05, 0.1) is 21.3 Å². The van der Waals surface area contributed by atoms with Gasteiger partial charge in [-0.3, -0.25) is 9.59 Å². The topological polar surface area (TPSA) is 85.9 Å². The van der Waals surface area contributed by atoms with Crippen LogP contribution in [0.5, 0.6) is 17.2 Å². The summed E-state index contributed by atoms with van der Waals surface area (Å²) in [4.78, 5) is 23.8. The summed E-state index contributed by atoms with van der Waals surface area (Å²) < 4.78 is 15.8. The van der Waals surface area contributed by atoms with Crippen molar-refractivity contribution in [2.24, 2.45) is 0 Å². The molecule has 2 N–H and O–H groups in total. The Kier molecular flexibility index (Phi) is 6.06. The SMILES string of the molecule is COc1cc(C(=O)Nc2ccc(NC(C)=O)c(C)c2)cc(OC)c1OC. The molecule has 2 amide bonds. The second kappa shape index (κ2) is 8.24. The van der Waals surface area contributed by atoms with E-state index in [1.165, 1.54) is 28.3 Å². The lowest BCUT2D eigenvalue weighted by Gasteiger charge is -2.14. The molecule has 0 heterocycles. The van der Waals surface area contributed by atoms with Gasteiger partial charge in [-0.05, 0) is 42.8 Å². The number of ether oxygens (including phenoxy) is 3. The number of nitrogens with one attached hydrogen (secondary N) is 2. The van der Waals surface area contributed by atoms with Crippen molar-refractivity contribution in [3.63, 3.8) is 0 Å². The van der Waals surface area contributed by atoms with Crippen molar-refractivity contribution in [2.45, 2.75) is 13.8 Å². The van der Waals surface area contributed by atoms with Crippen molar-refractivity contribution in [2.75, 3.05) is 32.0 Å². The van der Waals surface area contributed by atoms with Crippen LogP contribution in [-0.4, -0.2) is 33.1 Å². The highest BCUT2D eigenvalue weighted by Crippen LogP contribution is 2.38. The van der Waals surface area contributed by atoms with Crippen molar-refractivity contribution in [1.29, 1.82) is 0 Å². The molecule has 0 fully saturated rings. The molecule has 0 aromatic heterocycles. The van der Waals surface area contributed by atoms with Gasteiger partial charge in [0.2, 0.25) is 11.7 Å². The Morgan fingerprint density at radius 3 is 1.96 bits per heavy atom. The van der Waals surface area contributed by atoms with Crippen LogP contribution < -0.4 is 24.8 Å². The summed E-state index contributed by atoms with van der Waals surface area (Å²) in [5.41, 5.74) is 2.50. The number of methoxy groups -OCH3 is 3. The van der Waals surface area contributed by atoms with Crippen molar-refractivity contribution in [3.05, 3.63) is 41.5 Å². The summed E-state index contributed by atoms with van der Waals surface area (Å²) >= 11 is 0. The summed E-state index contributed by atoms with van der Waals surface area (Å²) in [5.74, 6) is 0.740. The van der Waals surface area contributed by atoms with Gasteiger partial charge in [-0.25, -0.2) is 0 Å². The Morgan fingerprint density at radius 2 is 1.50 bits per heavy atom. The minimum Gasteiger partial charge on any atom is -0.493 e. The van der Waals surface area contributed by atoms with Gasteiger partial charge < -0.3 is 24.8 Å². The molecule has 2 aromatic carbocycles. The van der Waals surface area contributed by atoms with E-state index in [1.54, 1.807) is 30.3 Å². The van der Waals surface area contributed by atoms with E-state index in [1.807, 2.05) is 6.92 Å². The first-order valence-corrected chi connectivity index (χ1v) is 7.89. The van der Waals surface area contributed by atoms with Gasteiger partial charge in [0.25, 0.3) is 5.91 Å². The molecule has 7 heteroatoms. The highest BCUT2D eigenvalue weighted by atomic mass is 16.5. The normalized spacial score (nSPS) is 10.0. The van der Waals surface area contributed by atoms with E-state index in [-0.39, 0.29) is 11.8 Å². The zero-order valence-electron chi connectivity index (χ0n) is 15.4. The molecule has 2 aromatic rings. The molecular weight excluding hydrogens is 336 g/mol. The van der Waals surface area contributed by atoms with Crippen LogP contribution in [0.4, 0.5) is 11.4 Å². The van der Waals surface area contributed by atoms with Crippen molar-refractivity contribution in [3.8, 4) is 17.2 Å². The van der Waals surface area contributed by atoms with Gasteiger partial charge in [-0.2, -0.15) is 0 Å². The van der Waals surface area contributed by atoms with E-state index in [2.05, 4.69) is 10.6 Å². The van der Waals surface area contributed by atoms with Crippen molar-refractivity contribution < 1.29 is 23.8 Å². The number of rotatable bonds is 6. The van der Waals surface area contributed by atoms with Crippen LogP contribution in [0.15, 0.2) is 30.3 Å². The summed E-state index contributed by atoms with van der Waals surface area (Å²) in [6.45, 7) is 3.29. The molecule has 0 unspecified atom stereocenters. The molecule has 138 valence electrons. The maximum atomic E-state index is 12.6. The van der Waals surface area contributed by atoms with Crippen LogP contribution in [0.1, 0.15) is 22.8 Å². The van der Waals surface area contributed by atoms with Gasteiger partial charge in [0.15, 0.2) is 11.5 Å². The predicted octanol–water partition coefficient (Wildman–Crippen LogP) is 3.23. The summed E-state index contributed by atoms with van der Waals surface area (Å²) in [6.07, 6.45) is 0. The van der Waals surface area contributed by atoms with E-state index in [9.17, 15) is 9.59 Å². The maximum Gasteiger partial charge on any atom is 0.255 e. The summed E-state index contributed by atoms with van der Waals surface area (Å²) in [7, 11) is 4.48. The molecule has 0 saturated carbocycles. The minimum atomic E-state index is -0.323. The third-order valence-electron chi connectivity index (χ3n) is 3.72. The van der Waals surface area contributed by atoms with Gasteiger partial charge in [-0.15, -0.1) is 0 Å². The first kappa shape index (κ1) is 19.1. The van der Waals surface area contributed by atoms with E-state index >= 15 is 0 Å². The number of hydrogen-bond acceptors (Lipinski definition) is 5. The first-order chi connectivity index (χ1) is 12.4. The molecule has 26 heavy (non-hydrogen) atoms. The fourth-order valence-corrected chi connectivity index (χ4v) is 2.49. The van der Waals surface area contributed by atoms with Crippen LogP contribution in [0.2, 0.25) is 0 Å².